The molecule has 2 atom stereocenters. The van der Waals surface area contributed by atoms with Crippen molar-refractivity contribution in [3.8, 4) is 0 Å². The first-order valence-corrected chi connectivity index (χ1v) is 14.8. The Morgan fingerprint density at radius 2 is 1.74 bits per heavy atom. The number of fused-ring (bicyclic) bond motifs is 1. The van der Waals surface area contributed by atoms with Gasteiger partial charge < -0.3 is 30.5 Å². The van der Waals surface area contributed by atoms with E-state index in [2.05, 4.69) is 30.9 Å². The Morgan fingerprint density at radius 1 is 1.02 bits per heavy atom. The summed E-state index contributed by atoms with van der Waals surface area (Å²) in [7, 11) is 0. The fraction of sp³-hybridized carbons (Fsp3) is 0.419. The molecule has 3 N–H and O–H groups in total. The van der Waals surface area contributed by atoms with Crippen molar-refractivity contribution in [1.82, 2.24) is 30.1 Å². The van der Waals surface area contributed by atoms with Crippen LogP contribution in [0.4, 0.5) is 34.0 Å². The number of hydrogen-bond acceptors (Lipinski definition) is 7. The van der Waals surface area contributed by atoms with E-state index in [1.807, 2.05) is 6.07 Å². The van der Waals surface area contributed by atoms with E-state index in [-0.39, 0.29) is 17.8 Å². The number of hydrogen-bond donors (Lipinski definition) is 3. The van der Waals surface area contributed by atoms with Crippen molar-refractivity contribution in [1.29, 1.82) is 0 Å². The Labute approximate surface area is 263 Å². The zero-order chi connectivity index (χ0) is 33.1. The van der Waals surface area contributed by atoms with Gasteiger partial charge in [-0.3, -0.25) is 4.79 Å². The number of nitrogens with zero attached hydrogens (tertiary/aromatic N) is 5. The molecule has 2 aliphatic rings. The van der Waals surface area contributed by atoms with E-state index in [0.717, 1.165) is 11.3 Å². The minimum Gasteiger partial charge on any atom is -0.367 e. The Bertz CT molecular complexity index is 1610. The molecule has 15 heteroatoms. The Morgan fingerprint density at radius 3 is 2.41 bits per heavy atom. The SMILES string of the molecule is CC(C)(C)NC(=O)C1(OCC(F)(F)F)C=CC=CC1Nc1nc2ccc(N3CCN(C(=O)NCc4ccc(F)cc4)CC3)cn2n1. The van der Waals surface area contributed by atoms with Crippen molar-refractivity contribution in [3.63, 3.8) is 0 Å². The Hall–Kier alpha value is -4.66. The van der Waals surface area contributed by atoms with Gasteiger partial charge in [0.05, 0.1) is 17.9 Å². The number of rotatable bonds is 8. The molecule has 1 aromatic carbocycles. The highest BCUT2D eigenvalue weighted by molar-refractivity contribution is 5.90. The van der Waals surface area contributed by atoms with E-state index in [1.54, 1.807) is 56.1 Å². The second-order valence-electron chi connectivity index (χ2n) is 12.2. The average Bonchev–Trinajstić information content (AvgIpc) is 3.41. The third kappa shape index (κ3) is 7.94. The molecule has 0 saturated carbocycles. The Balaban J connectivity index is 1.25. The summed E-state index contributed by atoms with van der Waals surface area (Å²) in [5, 5.41) is 13.1. The highest BCUT2D eigenvalue weighted by Crippen LogP contribution is 2.30. The van der Waals surface area contributed by atoms with Gasteiger partial charge in [0.2, 0.25) is 5.95 Å². The summed E-state index contributed by atoms with van der Waals surface area (Å²) in [6.07, 6.45) is 3.02. The second kappa shape index (κ2) is 13.0. The van der Waals surface area contributed by atoms with Crippen LogP contribution in [-0.2, 0) is 16.1 Å². The summed E-state index contributed by atoms with van der Waals surface area (Å²) in [6, 6.07) is 8.32. The molecule has 246 valence electrons. The molecule has 1 aliphatic carbocycles. The van der Waals surface area contributed by atoms with Gasteiger partial charge in [-0.05, 0) is 56.7 Å². The van der Waals surface area contributed by atoms with Crippen molar-refractivity contribution < 1.29 is 31.9 Å². The van der Waals surface area contributed by atoms with Gasteiger partial charge in [-0.2, -0.15) is 18.2 Å². The van der Waals surface area contributed by atoms with E-state index >= 15 is 0 Å². The van der Waals surface area contributed by atoms with Crippen LogP contribution in [0.15, 0.2) is 66.9 Å². The normalized spacial score (nSPS) is 20.2. The summed E-state index contributed by atoms with van der Waals surface area (Å²) in [4.78, 5) is 34.3. The summed E-state index contributed by atoms with van der Waals surface area (Å²) < 4.78 is 59.7. The zero-order valence-corrected chi connectivity index (χ0v) is 25.6. The number of anilines is 2. The van der Waals surface area contributed by atoms with Crippen LogP contribution in [0.25, 0.3) is 5.65 Å². The number of allylic oxidation sites excluding steroid dienone is 2. The van der Waals surface area contributed by atoms with Crippen LogP contribution in [0, 0.1) is 5.82 Å². The average molecular weight is 645 g/mol. The number of aromatic nitrogens is 3. The smallest absolute Gasteiger partial charge is 0.367 e. The molecule has 2 unspecified atom stereocenters. The monoisotopic (exact) mass is 644 g/mol. The van der Waals surface area contributed by atoms with Gasteiger partial charge >= 0.3 is 12.2 Å². The van der Waals surface area contributed by atoms with E-state index in [1.165, 1.54) is 34.9 Å². The maximum atomic E-state index is 13.4. The van der Waals surface area contributed by atoms with Crippen LogP contribution in [0.3, 0.4) is 0 Å². The summed E-state index contributed by atoms with van der Waals surface area (Å²) in [5.41, 5.74) is -0.649. The molecule has 3 amide bonds. The van der Waals surface area contributed by atoms with Gasteiger partial charge in [0, 0.05) is 38.3 Å². The summed E-state index contributed by atoms with van der Waals surface area (Å²) >= 11 is 0. The van der Waals surface area contributed by atoms with Crippen molar-refractivity contribution >= 4 is 29.2 Å². The van der Waals surface area contributed by atoms with Gasteiger partial charge in [0.15, 0.2) is 11.2 Å². The van der Waals surface area contributed by atoms with Crippen molar-refractivity contribution in [2.45, 2.75) is 50.7 Å². The molecule has 3 aromatic rings. The molecule has 3 heterocycles. The van der Waals surface area contributed by atoms with Gasteiger partial charge in [-0.1, -0.05) is 30.4 Å². The number of carbonyl (C=O) groups is 2. The zero-order valence-electron chi connectivity index (χ0n) is 25.6. The first-order chi connectivity index (χ1) is 21.7. The number of piperazine rings is 1. The number of nitrogens with one attached hydrogen (secondary N) is 3. The molecule has 0 spiro atoms. The number of ether oxygens (including phenoxy) is 1. The lowest BCUT2D eigenvalue weighted by Gasteiger charge is -2.39. The van der Waals surface area contributed by atoms with E-state index in [9.17, 15) is 27.2 Å². The third-order valence-electron chi connectivity index (χ3n) is 7.43. The maximum absolute atomic E-state index is 13.4. The molecule has 11 nitrogen and oxygen atoms in total. The topological polar surface area (TPSA) is 116 Å². The number of alkyl halides is 3. The fourth-order valence-electron chi connectivity index (χ4n) is 5.15. The molecule has 5 rings (SSSR count). The number of amides is 3. The molecule has 1 aliphatic heterocycles. The van der Waals surface area contributed by atoms with Crippen molar-refractivity contribution in [2.75, 3.05) is 43.0 Å². The summed E-state index contributed by atoms with van der Waals surface area (Å²) in [5.74, 6) is -0.983. The number of pyridine rings is 1. The van der Waals surface area contributed by atoms with Crippen LogP contribution in [0.2, 0.25) is 0 Å². The highest BCUT2D eigenvalue weighted by Gasteiger charge is 2.48. The van der Waals surface area contributed by atoms with Crippen LogP contribution in [-0.4, -0.2) is 87.6 Å². The molecule has 0 radical (unpaired) electrons. The molecular weight excluding hydrogens is 608 g/mol. The lowest BCUT2D eigenvalue weighted by molar-refractivity contribution is -0.200. The van der Waals surface area contributed by atoms with Gasteiger partial charge in [-0.25, -0.2) is 13.7 Å². The van der Waals surface area contributed by atoms with Gasteiger partial charge in [-0.15, -0.1) is 5.10 Å². The predicted molar refractivity (Wildman–Crippen MR) is 164 cm³/mol. The van der Waals surface area contributed by atoms with Crippen LogP contribution in [0.1, 0.15) is 26.3 Å². The van der Waals surface area contributed by atoms with Crippen molar-refractivity contribution in [3.05, 3.63) is 78.3 Å². The molecule has 46 heavy (non-hydrogen) atoms. The molecule has 2 aromatic heterocycles. The first-order valence-electron chi connectivity index (χ1n) is 14.8. The summed E-state index contributed by atoms with van der Waals surface area (Å²) in [6.45, 7) is 5.92. The number of halogens is 4. The predicted octanol–water partition coefficient (Wildman–Crippen LogP) is 4.04. The van der Waals surface area contributed by atoms with Gasteiger partial charge in [0.25, 0.3) is 5.91 Å². The van der Waals surface area contributed by atoms with E-state index in [0.29, 0.717) is 38.4 Å². The second-order valence-corrected chi connectivity index (χ2v) is 12.2. The number of carbonyl (C=O) groups excluding carboxylic acids is 2. The minimum absolute atomic E-state index is 0.0910. The quantitative estimate of drug-likeness (QED) is 0.317. The lowest BCUT2D eigenvalue weighted by atomic mass is 9.87. The van der Waals surface area contributed by atoms with E-state index < -0.39 is 35.9 Å². The molecule has 0 bridgehead atoms. The maximum Gasteiger partial charge on any atom is 0.411 e. The standard InChI is InChI=1S/C31H36F4N8O3/c1-29(2,3)39-26(44)30(46-20-31(33,34)35)13-5-4-6-24(30)37-27-38-25-12-11-23(19-43(25)40-27)41-14-16-42(17-15-41)28(45)36-18-21-7-9-22(32)10-8-21/h4-13,19,24H,14-18,20H2,1-3H3,(H,36,45)(H,37,40)(H,39,44). The Kier molecular flexibility index (Phi) is 9.24. The lowest BCUT2D eigenvalue weighted by Crippen LogP contribution is -2.61. The van der Waals surface area contributed by atoms with Crippen LogP contribution in [0.5, 0.6) is 0 Å². The molecule has 1 saturated heterocycles. The van der Waals surface area contributed by atoms with Crippen LogP contribution >= 0.6 is 0 Å². The third-order valence-corrected chi connectivity index (χ3v) is 7.43. The molecule has 1 fully saturated rings. The van der Waals surface area contributed by atoms with E-state index in [4.69, 9.17) is 4.74 Å². The molecular formula is C31H36F4N8O3. The van der Waals surface area contributed by atoms with Crippen molar-refractivity contribution in [2.24, 2.45) is 0 Å². The largest absolute Gasteiger partial charge is 0.411 e. The first kappa shape index (κ1) is 32.7. The highest BCUT2D eigenvalue weighted by atomic mass is 19.4. The number of benzene rings is 1. The number of urea groups is 1. The minimum atomic E-state index is -4.66. The fourth-order valence-corrected chi connectivity index (χ4v) is 5.15. The van der Waals surface area contributed by atoms with Crippen LogP contribution < -0.4 is 20.9 Å². The van der Waals surface area contributed by atoms with Gasteiger partial charge in [0.1, 0.15) is 12.4 Å².